The molecule has 2 heterocycles. The van der Waals surface area contributed by atoms with E-state index in [-0.39, 0.29) is 6.17 Å². The second-order valence-electron chi connectivity index (χ2n) is 11.4. The fourth-order valence-corrected chi connectivity index (χ4v) is 6.52. The first-order valence-electron chi connectivity index (χ1n) is 15.2. The zero-order valence-electron chi connectivity index (χ0n) is 24.3. The molecule has 0 aliphatic carbocycles. The first-order valence-corrected chi connectivity index (χ1v) is 15.2. The van der Waals surface area contributed by atoms with Crippen LogP contribution < -0.4 is 5.32 Å². The molecule has 1 aromatic heterocycles. The normalized spacial score (nSPS) is 14.9. The zero-order valence-corrected chi connectivity index (χ0v) is 24.3. The third-order valence-corrected chi connectivity index (χ3v) is 8.74. The van der Waals surface area contributed by atoms with Crippen LogP contribution in [-0.2, 0) is 0 Å². The van der Waals surface area contributed by atoms with Crippen LogP contribution in [0.4, 0.5) is 0 Å². The number of nitrogens with one attached hydrogen (secondary N) is 1. The Morgan fingerprint density at radius 3 is 2.07 bits per heavy atom. The standard InChI is InChI=1S/C41H27N3O/c1-2-10-28(11-3-1)39-42-40(44-41(43-39)35-14-8-16-37-38(35)34-13-6-7-15-36(34)45-37)29-20-17-26(18-21-29)30-23-24-33-31(25-30)22-19-27-9-4-5-12-32(27)33/h1-25,41H,(H,42,43,44). The van der Waals surface area contributed by atoms with Gasteiger partial charge < -0.3 is 9.73 Å². The molecule has 4 heteroatoms. The van der Waals surface area contributed by atoms with Gasteiger partial charge in [-0.3, -0.25) is 0 Å². The number of hydrogen-bond acceptors (Lipinski definition) is 4. The van der Waals surface area contributed by atoms with Gasteiger partial charge in [-0.1, -0.05) is 133 Å². The van der Waals surface area contributed by atoms with Crippen molar-refractivity contribution in [3.05, 3.63) is 168 Å². The van der Waals surface area contributed by atoms with E-state index < -0.39 is 0 Å². The first-order chi connectivity index (χ1) is 22.3. The molecule has 45 heavy (non-hydrogen) atoms. The molecule has 0 saturated carbocycles. The van der Waals surface area contributed by atoms with Crippen molar-refractivity contribution in [1.82, 2.24) is 5.32 Å². The fourth-order valence-electron chi connectivity index (χ4n) is 6.52. The maximum absolute atomic E-state index is 6.20. The van der Waals surface area contributed by atoms with Crippen LogP contribution in [0, 0.1) is 0 Å². The van der Waals surface area contributed by atoms with Gasteiger partial charge in [0.15, 0.2) is 5.84 Å². The molecule has 0 bridgehead atoms. The Kier molecular flexibility index (Phi) is 5.85. The van der Waals surface area contributed by atoms with Crippen molar-refractivity contribution >= 4 is 55.2 Å². The molecule has 212 valence electrons. The Morgan fingerprint density at radius 2 is 1.18 bits per heavy atom. The Hall–Kier alpha value is -6.00. The molecule has 0 spiro atoms. The van der Waals surface area contributed by atoms with Gasteiger partial charge in [0.2, 0.25) is 0 Å². The summed E-state index contributed by atoms with van der Waals surface area (Å²) in [5.74, 6) is 1.49. The molecule has 1 aliphatic heterocycles. The second kappa shape index (κ2) is 10.3. The first kappa shape index (κ1) is 25.5. The van der Waals surface area contributed by atoms with Gasteiger partial charge >= 0.3 is 0 Å². The van der Waals surface area contributed by atoms with Crippen LogP contribution in [0.25, 0.3) is 54.6 Å². The average Bonchev–Trinajstić information content (AvgIpc) is 3.51. The lowest BCUT2D eigenvalue weighted by atomic mass is 9.97. The number of fused-ring (bicyclic) bond motifs is 6. The maximum Gasteiger partial charge on any atom is 0.159 e. The molecule has 1 aliphatic rings. The summed E-state index contributed by atoms with van der Waals surface area (Å²) >= 11 is 0. The van der Waals surface area contributed by atoms with Gasteiger partial charge in [0.05, 0.1) is 0 Å². The van der Waals surface area contributed by atoms with E-state index in [1.165, 1.54) is 27.1 Å². The summed E-state index contributed by atoms with van der Waals surface area (Å²) in [6, 6.07) is 52.9. The smallest absolute Gasteiger partial charge is 0.159 e. The lowest BCUT2D eigenvalue weighted by Gasteiger charge is -2.24. The number of nitrogens with zero attached hydrogens (tertiary/aromatic N) is 2. The summed E-state index contributed by atoms with van der Waals surface area (Å²) in [5, 5.41) is 10.8. The minimum atomic E-state index is -0.340. The number of hydrogen-bond donors (Lipinski definition) is 1. The number of amidine groups is 2. The Morgan fingerprint density at radius 1 is 0.489 bits per heavy atom. The van der Waals surface area contributed by atoms with Crippen LogP contribution in [0.1, 0.15) is 22.9 Å². The van der Waals surface area contributed by atoms with Crippen LogP contribution in [-0.4, -0.2) is 11.7 Å². The topological polar surface area (TPSA) is 49.9 Å². The minimum absolute atomic E-state index is 0.340. The lowest BCUT2D eigenvalue weighted by Crippen LogP contribution is -2.33. The van der Waals surface area contributed by atoms with E-state index in [1.807, 2.05) is 48.5 Å². The minimum Gasteiger partial charge on any atom is -0.456 e. The van der Waals surface area contributed by atoms with Crippen molar-refractivity contribution in [2.24, 2.45) is 9.98 Å². The predicted molar refractivity (Wildman–Crippen MR) is 186 cm³/mol. The maximum atomic E-state index is 6.20. The summed E-state index contributed by atoms with van der Waals surface area (Å²) in [6.07, 6.45) is -0.340. The van der Waals surface area contributed by atoms with E-state index in [0.717, 1.165) is 50.0 Å². The van der Waals surface area contributed by atoms with E-state index in [4.69, 9.17) is 14.4 Å². The second-order valence-corrected chi connectivity index (χ2v) is 11.4. The van der Waals surface area contributed by atoms with Gasteiger partial charge in [-0.25, -0.2) is 9.98 Å². The summed E-state index contributed by atoms with van der Waals surface area (Å²) in [4.78, 5) is 10.2. The molecule has 8 aromatic rings. The Labute approximate surface area is 260 Å². The van der Waals surface area contributed by atoms with Gasteiger partial charge in [-0.15, -0.1) is 0 Å². The molecule has 7 aromatic carbocycles. The lowest BCUT2D eigenvalue weighted by molar-refractivity contribution is 0.662. The molecule has 9 rings (SSSR count). The van der Waals surface area contributed by atoms with Crippen molar-refractivity contribution in [2.45, 2.75) is 6.17 Å². The molecular formula is C41H27N3O. The molecule has 1 N–H and O–H groups in total. The van der Waals surface area contributed by atoms with E-state index in [2.05, 4.69) is 108 Å². The van der Waals surface area contributed by atoms with E-state index in [0.29, 0.717) is 5.84 Å². The van der Waals surface area contributed by atoms with Gasteiger partial charge in [0.1, 0.15) is 23.2 Å². The van der Waals surface area contributed by atoms with Crippen molar-refractivity contribution in [3.8, 4) is 11.1 Å². The highest BCUT2D eigenvalue weighted by atomic mass is 16.3. The predicted octanol–water partition coefficient (Wildman–Crippen LogP) is 10.1. The van der Waals surface area contributed by atoms with Crippen molar-refractivity contribution in [3.63, 3.8) is 0 Å². The van der Waals surface area contributed by atoms with Crippen LogP contribution in [0.5, 0.6) is 0 Å². The number of furan rings is 1. The molecular weight excluding hydrogens is 550 g/mol. The Balaban J connectivity index is 1.13. The molecule has 4 nitrogen and oxygen atoms in total. The number of para-hydroxylation sites is 1. The monoisotopic (exact) mass is 577 g/mol. The average molecular weight is 578 g/mol. The molecule has 0 amide bonds. The van der Waals surface area contributed by atoms with Crippen molar-refractivity contribution < 1.29 is 4.42 Å². The highest BCUT2D eigenvalue weighted by Crippen LogP contribution is 2.36. The van der Waals surface area contributed by atoms with Crippen molar-refractivity contribution in [1.29, 1.82) is 0 Å². The summed E-state index contributed by atoms with van der Waals surface area (Å²) in [5.41, 5.74) is 7.09. The van der Waals surface area contributed by atoms with Crippen LogP contribution >= 0.6 is 0 Å². The van der Waals surface area contributed by atoms with Crippen LogP contribution in [0.15, 0.2) is 166 Å². The van der Waals surface area contributed by atoms with E-state index in [1.54, 1.807) is 0 Å². The quantitative estimate of drug-likeness (QED) is 0.212. The molecule has 1 atom stereocenters. The van der Waals surface area contributed by atoms with Crippen LogP contribution in [0.3, 0.4) is 0 Å². The summed E-state index contributed by atoms with van der Waals surface area (Å²) < 4.78 is 6.20. The number of rotatable bonds is 4. The summed E-state index contributed by atoms with van der Waals surface area (Å²) in [6.45, 7) is 0. The highest BCUT2D eigenvalue weighted by Gasteiger charge is 2.24. The zero-order chi connectivity index (χ0) is 29.7. The largest absolute Gasteiger partial charge is 0.456 e. The third-order valence-electron chi connectivity index (χ3n) is 8.74. The number of benzene rings is 7. The highest BCUT2D eigenvalue weighted by molar-refractivity contribution is 6.14. The van der Waals surface area contributed by atoms with Crippen LogP contribution in [0.2, 0.25) is 0 Å². The van der Waals surface area contributed by atoms with E-state index >= 15 is 0 Å². The fraction of sp³-hybridized carbons (Fsp3) is 0.0244. The third kappa shape index (κ3) is 4.38. The molecule has 0 fully saturated rings. The van der Waals surface area contributed by atoms with Gasteiger partial charge in [0.25, 0.3) is 0 Å². The summed E-state index contributed by atoms with van der Waals surface area (Å²) in [7, 11) is 0. The van der Waals surface area contributed by atoms with Gasteiger partial charge in [0, 0.05) is 27.5 Å². The Bertz CT molecular complexity index is 2450. The molecule has 1 unspecified atom stereocenters. The molecule has 0 saturated heterocycles. The molecule has 0 radical (unpaired) electrons. The van der Waals surface area contributed by atoms with Crippen molar-refractivity contribution in [2.75, 3.05) is 0 Å². The van der Waals surface area contributed by atoms with E-state index in [9.17, 15) is 0 Å². The van der Waals surface area contributed by atoms with Gasteiger partial charge in [-0.2, -0.15) is 0 Å². The number of aliphatic imine (C=N–C) groups is 2. The SMILES string of the molecule is c1ccc(C2=NC(c3ccc(-c4ccc5c(ccc6ccccc65)c4)cc3)=NC(c3cccc4oc5ccccc5c34)N2)cc1. The van der Waals surface area contributed by atoms with Gasteiger partial charge in [-0.05, 0) is 50.9 Å².